The lowest BCUT2D eigenvalue weighted by atomic mass is 9.40. The van der Waals surface area contributed by atoms with Gasteiger partial charge in [0.05, 0.1) is 0 Å². The molecule has 152 valence electrons. The maximum Gasteiger partial charge on any atom is 0.339 e. The van der Waals surface area contributed by atoms with E-state index in [9.17, 15) is 61.5 Å². The molecule has 4 saturated carbocycles. The average Bonchev–Trinajstić information content (AvgIpc) is 2.46. The molecular weight excluding hydrogens is 418 g/mol. The third-order valence-electron chi connectivity index (χ3n) is 5.31. The van der Waals surface area contributed by atoms with Crippen molar-refractivity contribution in [3.8, 4) is 0 Å². The minimum absolute atomic E-state index is 7.10. The van der Waals surface area contributed by atoms with Crippen LogP contribution in [0.15, 0.2) is 0 Å². The van der Waals surface area contributed by atoms with Gasteiger partial charge in [-0.1, -0.05) is 0 Å². The van der Waals surface area contributed by atoms with Crippen LogP contribution in [0, 0.1) is 0 Å². The van der Waals surface area contributed by atoms with Crippen LogP contribution in [0.5, 0.6) is 0 Å². The van der Waals surface area contributed by atoms with Crippen LogP contribution in [0.25, 0.3) is 0 Å². The van der Waals surface area contributed by atoms with Crippen molar-refractivity contribution < 1.29 is 71.7 Å². The Labute approximate surface area is 131 Å². The van der Waals surface area contributed by atoms with E-state index >= 15 is 0 Å². The molecule has 0 heterocycles. The van der Waals surface area contributed by atoms with Crippen LogP contribution in [-0.4, -0.2) is 68.3 Å². The number of hydrogen-bond donors (Lipinski definition) is 2. The van der Waals surface area contributed by atoms with Crippen LogP contribution < -0.4 is 0 Å². The summed E-state index contributed by atoms with van der Waals surface area (Å²) in [7, 11) is 0. The van der Waals surface area contributed by atoms with Gasteiger partial charge in [-0.25, -0.2) is 17.6 Å². The Kier molecular flexibility index (Phi) is 2.75. The van der Waals surface area contributed by atoms with Crippen molar-refractivity contribution in [3.63, 3.8) is 0 Å². The molecule has 3 unspecified atom stereocenters. The van der Waals surface area contributed by atoms with Gasteiger partial charge >= 0.3 is 46.6 Å². The molecule has 0 amide bonds. The summed E-state index contributed by atoms with van der Waals surface area (Å²) in [5, 5.41) is 17.8. The van der Waals surface area contributed by atoms with Gasteiger partial charge in [-0.15, -0.1) is 0 Å². The number of hydrogen-bond acceptors (Lipinski definition) is 2. The summed E-state index contributed by atoms with van der Waals surface area (Å²) < 4.78 is 194. The Bertz CT molecular complexity index is 515. The molecule has 4 fully saturated rings. The van der Waals surface area contributed by atoms with Crippen LogP contribution in [0.2, 0.25) is 0 Å². The van der Waals surface area contributed by atoms with E-state index in [4.69, 9.17) is 10.2 Å². The second-order valence-corrected chi connectivity index (χ2v) is 6.18. The summed E-state index contributed by atoms with van der Waals surface area (Å²) in [5.41, 5.74) is -29.8. The summed E-state index contributed by atoms with van der Waals surface area (Å²) in [5.74, 6) is -45.5. The predicted molar refractivity (Wildman–Crippen MR) is 47.3 cm³/mol. The standard InChI is InChI=1S/C10H2F14O2/c11-1-5(14,15)2(12)7(18,19)3(13,6(1,16)17)10(24,26)4(25,8(1,20)21)9(2,22)23/h25-26H. The van der Waals surface area contributed by atoms with Crippen LogP contribution in [0.4, 0.5) is 61.5 Å². The van der Waals surface area contributed by atoms with Gasteiger partial charge in [-0.3, -0.25) is 0 Å². The van der Waals surface area contributed by atoms with Crippen molar-refractivity contribution in [1.29, 1.82) is 0 Å². The van der Waals surface area contributed by atoms with Gasteiger partial charge in [-0.05, 0) is 0 Å². The second kappa shape index (κ2) is 3.63. The molecule has 0 saturated heterocycles. The van der Waals surface area contributed by atoms with E-state index in [1.54, 1.807) is 0 Å². The van der Waals surface area contributed by atoms with E-state index in [1.165, 1.54) is 0 Å². The van der Waals surface area contributed by atoms with Crippen molar-refractivity contribution in [3.05, 3.63) is 0 Å². The first-order chi connectivity index (χ1) is 11.0. The maximum atomic E-state index is 14.2. The highest BCUT2D eigenvalue weighted by Crippen LogP contribution is 2.87. The average molecular weight is 420 g/mol. The normalized spacial score (nSPS) is 57.2. The third kappa shape index (κ3) is 0.966. The molecule has 0 aromatic carbocycles. The Morgan fingerprint density at radius 1 is 0.346 bits per heavy atom. The Morgan fingerprint density at radius 3 is 0.846 bits per heavy atom. The molecule has 4 aliphatic carbocycles. The highest BCUT2D eigenvalue weighted by atomic mass is 19.3. The fraction of sp³-hybridized carbons (Fsp3) is 1.00. The van der Waals surface area contributed by atoms with E-state index in [2.05, 4.69) is 0 Å². The minimum Gasteiger partial charge on any atom is -0.374 e. The quantitative estimate of drug-likeness (QED) is 0.592. The number of aliphatic hydroxyl groups is 2. The van der Waals surface area contributed by atoms with Gasteiger partial charge < -0.3 is 10.2 Å². The molecular formula is C10H2F14O2. The monoisotopic (exact) mass is 420 g/mol. The van der Waals surface area contributed by atoms with E-state index in [0.29, 0.717) is 0 Å². The Balaban J connectivity index is 2.71. The molecule has 4 rings (SSSR count). The number of rotatable bonds is 0. The van der Waals surface area contributed by atoms with Crippen molar-refractivity contribution >= 4 is 0 Å². The van der Waals surface area contributed by atoms with Crippen LogP contribution >= 0.6 is 0 Å². The topological polar surface area (TPSA) is 40.5 Å². The van der Waals surface area contributed by atoms with Gasteiger partial charge in [0.1, 0.15) is 0 Å². The van der Waals surface area contributed by atoms with Crippen molar-refractivity contribution in [1.82, 2.24) is 0 Å². The fourth-order valence-corrected chi connectivity index (χ4v) is 3.87. The minimum atomic E-state index is -7.78. The largest absolute Gasteiger partial charge is 0.374 e. The lowest BCUT2D eigenvalue weighted by Gasteiger charge is -2.74. The van der Waals surface area contributed by atoms with Gasteiger partial charge in [0, 0.05) is 0 Å². The van der Waals surface area contributed by atoms with Crippen molar-refractivity contribution in [2.75, 3.05) is 0 Å². The first kappa shape index (κ1) is 19.7. The molecule has 4 aliphatic rings. The van der Waals surface area contributed by atoms with E-state index in [1.807, 2.05) is 0 Å². The zero-order valence-electron chi connectivity index (χ0n) is 11.2. The zero-order chi connectivity index (χ0) is 21.0. The maximum absolute atomic E-state index is 14.2. The zero-order valence-corrected chi connectivity index (χ0v) is 11.2. The third-order valence-corrected chi connectivity index (χ3v) is 5.31. The molecule has 4 bridgehead atoms. The molecule has 0 spiro atoms. The smallest absolute Gasteiger partial charge is 0.339 e. The van der Waals surface area contributed by atoms with E-state index in [-0.39, 0.29) is 0 Å². The second-order valence-electron chi connectivity index (χ2n) is 6.18. The van der Waals surface area contributed by atoms with Gasteiger partial charge in [0.15, 0.2) is 0 Å². The highest BCUT2D eigenvalue weighted by Gasteiger charge is 3.22. The molecule has 2 N–H and O–H groups in total. The Hall–Kier alpha value is -1.06. The lowest BCUT2D eigenvalue weighted by molar-refractivity contribution is -0.623. The molecule has 0 aliphatic heterocycles. The number of alkyl halides is 14. The number of halogens is 14. The molecule has 26 heavy (non-hydrogen) atoms. The molecule has 16 heteroatoms. The Morgan fingerprint density at radius 2 is 0.577 bits per heavy atom. The summed E-state index contributed by atoms with van der Waals surface area (Å²) >= 11 is 0. The van der Waals surface area contributed by atoms with Crippen LogP contribution in [-0.2, 0) is 0 Å². The van der Waals surface area contributed by atoms with Crippen LogP contribution in [0.1, 0.15) is 0 Å². The first-order valence-electron chi connectivity index (χ1n) is 6.09. The van der Waals surface area contributed by atoms with E-state index < -0.39 is 58.1 Å². The lowest BCUT2D eigenvalue weighted by Crippen LogP contribution is -3.10. The molecule has 0 aromatic rings. The van der Waals surface area contributed by atoms with Crippen molar-refractivity contribution in [2.45, 2.75) is 58.1 Å². The van der Waals surface area contributed by atoms with Crippen molar-refractivity contribution in [2.24, 2.45) is 0 Å². The molecule has 0 radical (unpaired) electrons. The summed E-state index contributed by atoms with van der Waals surface area (Å²) in [6, 6.07) is 0. The predicted octanol–water partition coefficient (Wildman–Crippen LogP) is 2.72. The molecule has 2 nitrogen and oxygen atoms in total. The summed E-state index contributed by atoms with van der Waals surface area (Å²) in [6.07, 6.45) is 0. The summed E-state index contributed by atoms with van der Waals surface area (Å²) in [6.45, 7) is 0. The van der Waals surface area contributed by atoms with Gasteiger partial charge in [0.25, 0.3) is 11.5 Å². The van der Waals surface area contributed by atoms with Gasteiger partial charge in [0.2, 0.25) is 0 Å². The van der Waals surface area contributed by atoms with E-state index in [0.717, 1.165) is 0 Å². The van der Waals surface area contributed by atoms with Crippen LogP contribution in [0.3, 0.4) is 0 Å². The highest BCUT2D eigenvalue weighted by molar-refractivity contribution is 5.53. The first-order valence-corrected chi connectivity index (χ1v) is 6.09. The molecule has 3 atom stereocenters. The SMILES string of the molecule is OC1(F)C2(O)C(F)(F)C3(F)C(F)(F)C1(F)C(F)(F)C(F)(C2(F)F)C3(F)F. The fourth-order valence-electron chi connectivity index (χ4n) is 3.87. The van der Waals surface area contributed by atoms with Gasteiger partial charge in [-0.2, -0.15) is 43.9 Å². The summed E-state index contributed by atoms with van der Waals surface area (Å²) in [4.78, 5) is 0. The molecule has 0 aromatic heterocycles.